The predicted octanol–water partition coefficient (Wildman–Crippen LogP) is 5.99. The second-order valence-corrected chi connectivity index (χ2v) is 9.00. The molecule has 1 unspecified atom stereocenters. The maximum absolute atomic E-state index is 14.2. The number of carbonyl (C=O) groups excluding carboxylic acids is 2. The van der Waals surface area contributed by atoms with Gasteiger partial charge in [-0.25, -0.2) is 9.18 Å². The molecule has 1 N–H and O–H groups in total. The van der Waals surface area contributed by atoms with Gasteiger partial charge in [-0.1, -0.05) is 54.6 Å². The number of hydrogen-bond acceptors (Lipinski definition) is 2. The topological polar surface area (TPSA) is 57.6 Å². The molecule has 5 rings (SSSR count). The third-order valence-corrected chi connectivity index (χ3v) is 6.41. The highest BCUT2D eigenvalue weighted by Gasteiger charge is 2.37. The molecule has 2 heterocycles. The number of halogens is 1. The average Bonchev–Trinajstić information content (AvgIpc) is 3.38. The van der Waals surface area contributed by atoms with Gasteiger partial charge in [-0.2, -0.15) is 0 Å². The average molecular weight is 483 g/mol. The van der Waals surface area contributed by atoms with Crippen LogP contribution in [0.5, 0.6) is 0 Å². The van der Waals surface area contributed by atoms with Crippen LogP contribution in [0.1, 0.15) is 31.1 Å². The van der Waals surface area contributed by atoms with Crippen molar-refractivity contribution in [3.8, 4) is 5.69 Å². The molecule has 1 aromatic heterocycles. The van der Waals surface area contributed by atoms with E-state index in [1.807, 2.05) is 86.8 Å². The summed E-state index contributed by atoms with van der Waals surface area (Å²) in [6.07, 6.45) is 1.99. The molecule has 182 valence electrons. The van der Waals surface area contributed by atoms with Gasteiger partial charge in [0.15, 0.2) is 0 Å². The quantitative estimate of drug-likeness (QED) is 0.380. The second-order valence-electron chi connectivity index (χ2n) is 9.00. The van der Waals surface area contributed by atoms with Crippen molar-refractivity contribution in [1.29, 1.82) is 0 Å². The molecule has 1 atom stereocenters. The summed E-state index contributed by atoms with van der Waals surface area (Å²) in [5, 5.41) is 2.61. The Labute approximate surface area is 209 Å². The van der Waals surface area contributed by atoms with E-state index in [0.29, 0.717) is 0 Å². The number of nitrogens with zero attached hydrogens (tertiary/aromatic N) is 3. The lowest BCUT2D eigenvalue weighted by Crippen LogP contribution is -2.49. The molecular weight excluding hydrogens is 455 g/mol. The summed E-state index contributed by atoms with van der Waals surface area (Å²) < 4.78 is 16.3. The molecule has 6 nitrogen and oxygen atoms in total. The zero-order chi connectivity index (χ0) is 25.2. The third-order valence-electron chi connectivity index (χ3n) is 6.41. The van der Waals surface area contributed by atoms with Crippen LogP contribution in [0.15, 0.2) is 97.2 Å². The Morgan fingerprint density at radius 2 is 1.56 bits per heavy atom. The van der Waals surface area contributed by atoms with E-state index in [9.17, 15) is 14.0 Å². The zero-order valence-corrected chi connectivity index (χ0v) is 20.1. The monoisotopic (exact) mass is 482 g/mol. The SMILES string of the molecule is CC(C)N(CC(=O)N1c2ccccc2-n2cccc2C1c1ccccc1)C(=O)Nc1ccccc1F. The third kappa shape index (κ3) is 4.24. The van der Waals surface area contributed by atoms with Gasteiger partial charge < -0.3 is 14.8 Å². The molecule has 1 aliphatic heterocycles. The highest BCUT2D eigenvalue weighted by Crippen LogP contribution is 2.42. The summed E-state index contributed by atoms with van der Waals surface area (Å²) >= 11 is 0. The Morgan fingerprint density at radius 3 is 2.28 bits per heavy atom. The van der Waals surface area contributed by atoms with Crippen LogP contribution in [0.2, 0.25) is 0 Å². The molecule has 0 aliphatic carbocycles. The lowest BCUT2D eigenvalue weighted by molar-refractivity contribution is -0.119. The molecule has 7 heteroatoms. The van der Waals surface area contributed by atoms with E-state index in [2.05, 4.69) is 9.88 Å². The highest BCUT2D eigenvalue weighted by atomic mass is 19.1. The van der Waals surface area contributed by atoms with Gasteiger partial charge in [0.1, 0.15) is 18.4 Å². The van der Waals surface area contributed by atoms with Gasteiger partial charge in [-0.3, -0.25) is 9.69 Å². The van der Waals surface area contributed by atoms with Crippen LogP contribution in [-0.4, -0.2) is 34.0 Å². The smallest absolute Gasteiger partial charge is 0.316 e. The van der Waals surface area contributed by atoms with Crippen LogP contribution in [0.3, 0.4) is 0 Å². The lowest BCUT2D eigenvalue weighted by atomic mass is 9.97. The fourth-order valence-electron chi connectivity index (χ4n) is 4.67. The van der Waals surface area contributed by atoms with Crippen molar-refractivity contribution in [3.05, 3.63) is 114 Å². The predicted molar refractivity (Wildman–Crippen MR) is 139 cm³/mol. The molecule has 3 amide bonds. The first-order valence-electron chi connectivity index (χ1n) is 11.9. The summed E-state index contributed by atoms with van der Waals surface area (Å²) in [6.45, 7) is 3.49. The largest absolute Gasteiger partial charge is 0.322 e. The van der Waals surface area contributed by atoms with Crippen molar-refractivity contribution >= 4 is 23.3 Å². The number of anilines is 2. The van der Waals surface area contributed by atoms with Crippen LogP contribution in [0.25, 0.3) is 5.69 Å². The number of nitrogens with one attached hydrogen (secondary N) is 1. The number of urea groups is 1. The minimum absolute atomic E-state index is 0.0731. The van der Waals surface area contributed by atoms with E-state index in [-0.39, 0.29) is 30.2 Å². The number of para-hydroxylation sites is 3. The first kappa shape index (κ1) is 23.4. The van der Waals surface area contributed by atoms with Gasteiger partial charge in [0.05, 0.1) is 22.8 Å². The highest BCUT2D eigenvalue weighted by molar-refractivity contribution is 6.01. The minimum atomic E-state index is -0.534. The van der Waals surface area contributed by atoms with Crippen LogP contribution in [-0.2, 0) is 4.79 Å². The summed E-state index contributed by atoms with van der Waals surface area (Å²) in [6, 6.07) is 26.4. The summed E-state index contributed by atoms with van der Waals surface area (Å²) in [4.78, 5) is 30.4. The maximum atomic E-state index is 14.2. The van der Waals surface area contributed by atoms with Gasteiger partial charge in [0.25, 0.3) is 0 Å². The molecular formula is C29H27FN4O2. The number of amides is 3. The van der Waals surface area contributed by atoms with Crippen molar-refractivity contribution in [1.82, 2.24) is 9.47 Å². The Balaban J connectivity index is 1.51. The maximum Gasteiger partial charge on any atom is 0.322 e. The van der Waals surface area contributed by atoms with E-state index < -0.39 is 11.8 Å². The molecule has 0 fully saturated rings. The fraction of sp³-hybridized carbons (Fsp3) is 0.172. The van der Waals surface area contributed by atoms with Crippen LogP contribution in [0, 0.1) is 5.82 Å². The molecule has 1 aliphatic rings. The van der Waals surface area contributed by atoms with Gasteiger partial charge in [-0.15, -0.1) is 0 Å². The van der Waals surface area contributed by atoms with Gasteiger partial charge >= 0.3 is 6.03 Å². The van der Waals surface area contributed by atoms with E-state index in [0.717, 1.165) is 22.6 Å². The molecule has 4 aromatic rings. The minimum Gasteiger partial charge on any atom is -0.316 e. The van der Waals surface area contributed by atoms with Gasteiger partial charge in [0.2, 0.25) is 5.91 Å². The standard InChI is InChI=1S/C29H27FN4O2/c1-20(2)33(29(36)31-23-14-7-6-13-22(23)30)19-27(35)34-25-16-9-8-15-24(25)32-18-10-17-26(32)28(34)21-11-4-3-5-12-21/h3-18,20,28H,19H2,1-2H3,(H,31,36). The van der Waals surface area contributed by atoms with E-state index in [1.54, 1.807) is 17.0 Å². The summed E-state index contributed by atoms with van der Waals surface area (Å²) in [5.74, 6) is -0.767. The first-order chi connectivity index (χ1) is 17.5. The van der Waals surface area contributed by atoms with Crippen molar-refractivity contribution < 1.29 is 14.0 Å². The Morgan fingerprint density at radius 1 is 0.889 bits per heavy atom. The molecule has 0 bridgehead atoms. The molecule has 36 heavy (non-hydrogen) atoms. The Kier molecular flexibility index (Phi) is 6.29. The van der Waals surface area contributed by atoms with Crippen LogP contribution >= 0.6 is 0 Å². The summed E-state index contributed by atoms with van der Waals surface area (Å²) in [7, 11) is 0. The number of rotatable bonds is 5. The van der Waals surface area contributed by atoms with Gasteiger partial charge in [-0.05, 0) is 55.8 Å². The first-order valence-corrected chi connectivity index (χ1v) is 11.9. The van der Waals surface area contributed by atoms with E-state index in [1.165, 1.54) is 17.0 Å². The fourth-order valence-corrected chi connectivity index (χ4v) is 4.67. The van der Waals surface area contributed by atoms with Gasteiger partial charge in [0, 0.05) is 12.2 Å². The van der Waals surface area contributed by atoms with Crippen molar-refractivity contribution in [2.45, 2.75) is 25.9 Å². The number of carbonyl (C=O) groups is 2. The van der Waals surface area contributed by atoms with E-state index >= 15 is 0 Å². The number of fused-ring (bicyclic) bond motifs is 3. The molecule has 0 saturated heterocycles. The summed E-state index contributed by atoms with van der Waals surface area (Å²) in [5.41, 5.74) is 3.65. The second kappa shape index (κ2) is 9.70. The molecule has 0 radical (unpaired) electrons. The Hall–Kier alpha value is -4.39. The van der Waals surface area contributed by atoms with Crippen LogP contribution in [0.4, 0.5) is 20.6 Å². The number of benzene rings is 3. The molecule has 0 spiro atoms. The lowest BCUT2D eigenvalue weighted by Gasteiger charge is -2.40. The number of aromatic nitrogens is 1. The van der Waals surface area contributed by atoms with Crippen molar-refractivity contribution in [3.63, 3.8) is 0 Å². The number of hydrogen-bond donors (Lipinski definition) is 1. The molecule has 3 aromatic carbocycles. The molecule has 0 saturated carbocycles. The van der Waals surface area contributed by atoms with Crippen LogP contribution < -0.4 is 10.2 Å². The normalized spacial score (nSPS) is 14.2. The van der Waals surface area contributed by atoms with Crippen molar-refractivity contribution in [2.24, 2.45) is 0 Å². The van der Waals surface area contributed by atoms with E-state index in [4.69, 9.17) is 0 Å². The Bertz CT molecular complexity index is 1400. The zero-order valence-electron chi connectivity index (χ0n) is 20.1. The van der Waals surface area contributed by atoms with Crippen molar-refractivity contribution in [2.75, 3.05) is 16.8 Å².